The van der Waals surface area contributed by atoms with Crippen molar-refractivity contribution in [2.24, 2.45) is 0 Å². The predicted octanol–water partition coefficient (Wildman–Crippen LogP) is 2.25. The van der Waals surface area contributed by atoms with E-state index in [9.17, 15) is 9.59 Å². The number of nitrogens with one attached hydrogen (secondary N) is 4. The number of anilines is 2. The highest BCUT2D eigenvalue weighted by Gasteiger charge is 2.12. The van der Waals surface area contributed by atoms with E-state index in [-0.39, 0.29) is 0 Å². The number of hydrogen-bond donors (Lipinski definition) is 4. The van der Waals surface area contributed by atoms with Crippen molar-refractivity contribution in [1.82, 2.24) is 15.6 Å². The van der Waals surface area contributed by atoms with Gasteiger partial charge in [-0.1, -0.05) is 18.5 Å². The van der Waals surface area contributed by atoms with Crippen molar-refractivity contribution in [3.05, 3.63) is 17.2 Å². The fourth-order valence-electron chi connectivity index (χ4n) is 1.70. The molecule has 1 aromatic carbocycles. The molecular weight excluding hydrogens is 298 g/mol. The zero-order valence-electron chi connectivity index (χ0n) is 11.2. The van der Waals surface area contributed by atoms with Gasteiger partial charge < -0.3 is 10.1 Å². The summed E-state index contributed by atoms with van der Waals surface area (Å²) in [7, 11) is 0. The summed E-state index contributed by atoms with van der Waals surface area (Å²) in [5.41, 5.74) is 5.96. The van der Waals surface area contributed by atoms with E-state index in [2.05, 4.69) is 26.4 Å². The topological polar surface area (TPSA) is 108 Å². The average Bonchev–Trinajstić information content (AvgIpc) is 2.89. The third-order valence-electron chi connectivity index (χ3n) is 2.61. The van der Waals surface area contributed by atoms with Gasteiger partial charge in [-0.3, -0.25) is 15.3 Å². The molecule has 4 N–H and O–H groups in total. The quantitative estimate of drug-likeness (QED) is 0.483. The standard InChI is InChI=1S/C12H14ClN5O3/c1-2-5-21-12(20)18-17-11-7-3-4-8(13)10(14-6-19)9(7)15-16-11/h3-4,6H,2,5H2,1H3,(H,14,19)(H,18,20)(H2,15,16,17). The van der Waals surface area contributed by atoms with Gasteiger partial charge in [-0.15, -0.1) is 0 Å². The number of carbonyl (C=O) groups is 2. The van der Waals surface area contributed by atoms with E-state index in [1.807, 2.05) is 6.92 Å². The molecule has 0 unspecified atom stereocenters. The minimum Gasteiger partial charge on any atom is -0.448 e. The van der Waals surface area contributed by atoms with Crippen LogP contribution >= 0.6 is 11.6 Å². The molecule has 2 aromatic rings. The van der Waals surface area contributed by atoms with E-state index < -0.39 is 6.09 Å². The molecule has 0 aliphatic rings. The second-order valence-electron chi connectivity index (χ2n) is 4.07. The lowest BCUT2D eigenvalue weighted by molar-refractivity contribution is -0.105. The van der Waals surface area contributed by atoms with Gasteiger partial charge in [-0.05, 0) is 18.6 Å². The van der Waals surface area contributed by atoms with Gasteiger partial charge >= 0.3 is 6.09 Å². The fraction of sp³-hybridized carbons (Fsp3) is 0.250. The molecule has 0 saturated carbocycles. The fourth-order valence-corrected chi connectivity index (χ4v) is 1.91. The number of benzene rings is 1. The SMILES string of the molecule is CCCOC(=O)NNc1n[nH]c2c(NC=O)c(Cl)ccc12. The molecule has 112 valence electrons. The van der Waals surface area contributed by atoms with Crippen LogP contribution < -0.4 is 16.2 Å². The van der Waals surface area contributed by atoms with E-state index in [0.717, 1.165) is 6.42 Å². The van der Waals surface area contributed by atoms with Crippen molar-refractivity contribution in [2.75, 3.05) is 17.3 Å². The van der Waals surface area contributed by atoms with Crippen molar-refractivity contribution >= 4 is 46.5 Å². The molecule has 21 heavy (non-hydrogen) atoms. The molecule has 1 heterocycles. The van der Waals surface area contributed by atoms with Gasteiger partial charge in [0.05, 0.1) is 22.8 Å². The van der Waals surface area contributed by atoms with E-state index >= 15 is 0 Å². The van der Waals surface area contributed by atoms with Gasteiger partial charge in [0.25, 0.3) is 0 Å². The summed E-state index contributed by atoms with van der Waals surface area (Å²) in [5, 5.41) is 10.3. The summed E-state index contributed by atoms with van der Waals surface area (Å²) in [4.78, 5) is 21.9. The number of H-pyrrole nitrogens is 1. The second kappa shape index (κ2) is 6.80. The first-order valence-corrected chi connectivity index (χ1v) is 6.60. The number of fused-ring (bicyclic) bond motifs is 1. The Kier molecular flexibility index (Phi) is 4.83. The van der Waals surface area contributed by atoms with Gasteiger partial charge in [0.2, 0.25) is 6.41 Å². The van der Waals surface area contributed by atoms with E-state index in [4.69, 9.17) is 16.3 Å². The molecule has 0 spiro atoms. The lowest BCUT2D eigenvalue weighted by atomic mass is 10.2. The zero-order valence-corrected chi connectivity index (χ0v) is 12.0. The van der Waals surface area contributed by atoms with Gasteiger partial charge in [-0.2, -0.15) is 5.10 Å². The Labute approximate surface area is 125 Å². The number of halogens is 1. The second-order valence-corrected chi connectivity index (χ2v) is 4.47. The lowest BCUT2D eigenvalue weighted by Crippen LogP contribution is -2.30. The average molecular weight is 312 g/mol. The van der Waals surface area contributed by atoms with Crippen LogP contribution in [0.4, 0.5) is 16.3 Å². The van der Waals surface area contributed by atoms with Crippen LogP contribution in [0.2, 0.25) is 5.02 Å². The van der Waals surface area contributed by atoms with Crippen molar-refractivity contribution in [2.45, 2.75) is 13.3 Å². The third-order valence-corrected chi connectivity index (χ3v) is 2.93. The molecule has 0 radical (unpaired) electrons. The van der Waals surface area contributed by atoms with Crippen molar-refractivity contribution < 1.29 is 14.3 Å². The first-order valence-electron chi connectivity index (χ1n) is 6.23. The minimum absolute atomic E-state index is 0.331. The van der Waals surface area contributed by atoms with Crippen molar-refractivity contribution in [1.29, 1.82) is 0 Å². The Bertz CT molecular complexity index is 658. The highest BCUT2D eigenvalue weighted by molar-refractivity contribution is 6.35. The number of ether oxygens (including phenoxy) is 1. The van der Waals surface area contributed by atoms with Gasteiger partial charge in [-0.25, -0.2) is 10.2 Å². The highest BCUT2D eigenvalue weighted by Crippen LogP contribution is 2.32. The number of hydrogen-bond acceptors (Lipinski definition) is 5. The molecule has 0 saturated heterocycles. The summed E-state index contributed by atoms with van der Waals surface area (Å²) in [6.07, 6.45) is 0.653. The Morgan fingerprint density at radius 2 is 2.33 bits per heavy atom. The third kappa shape index (κ3) is 3.34. The van der Waals surface area contributed by atoms with Gasteiger partial charge in [0, 0.05) is 5.39 Å². The number of aromatic amines is 1. The molecule has 0 aliphatic heterocycles. The number of rotatable bonds is 6. The van der Waals surface area contributed by atoms with Crippen LogP contribution in [0.5, 0.6) is 0 Å². The van der Waals surface area contributed by atoms with Crippen LogP contribution in [-0.4, -0.2) is 29.3 Å². The summed E-state index contributed by atoms with van der Waals surface area (Å²) >= 11 is 6.00. The summed E-state index contributed by atoms with van der Waals surface area (Å²) in [6.45, 7) is 2.23. The Morgan fingerprint density at radius 3 is 3.05 bits per heavy atom. The van der Waals surface area contributed by atoms with Crippen molar-refractivity contribution in [3.63, 3.8) is 0 Å². The number of aromatic nitrogens is 2. The monoisotopic (exact) mass is 311 g/mol. The number of carbonyl (C=O) groups excluding carboxylic acids is 2. The molecule has 0 fully saturated rings. The smallest absolute Gasteiger partial charge is 0.425 e. The Hall–Kier alpha value is -2.48. The maximum Gasteiger partial charge on any atom is 0.425 e. The van der Waals surface area contributed by atoms with Crippen LogP contribution in [0.15, 0.2) is 12.1 Å². The van der Waals surface area contributed by atoms with Gasteiger partial charge in [0.1, 0.15) is 0 Å². The minimum atomic E-state index is -0.604. The molecule has 9 heteroatoms. The maximum atomic E-state index is 11.3. The van der Waals surface area contributed by atoms with Crippen LogP contribution in [-0.2, 0) is 9.53 Å². The normalized spacial score (nSPS) is 10.2. The van der Waals surface area contributed by atoms with E-state index in [0.29, 0.717) is 40.4 Å². The van der Waals surface area contributed by atoms with Crippen LogP contribution in [0.1, 0.15) is 13.3 Å². The number of nitrogens with zero attached hydrogens (tertiary/aromatic N) is 1. The Balaban J connectivity index is 2.17. The maximum absolute atomic E-state index is 11.3. The van der Waals surface area contributed by atoms with E-state index in [1.165, 1.54) is 0 Å². The Morgan fingerprint density at radius 1 is 1.52 bits per heavy atom. The summed E-state index contributed by atoms with van der Waals surface area (Å²) in [6, 6.07) is 3.32. The molecule has 2 rings (SSSR count). The molecular formula is C12H14ClN5O3. The van der Waals surface area contributed by atoms with Gasteiger partial charge in [0.15, 0.2) is 5.82 Å². The first kappa shape index (κ1) is 14.9. The molecule has 0 bridgehead atoms. The lowest BCUT2D eigenvalue weighted by Gasteiger charge is -2.07. The van der Waals surface area contributed by atoms with Crippen LogP contribution in [0, 0.1) is 0 Å². The summed E-state index contributed by atoms with van der Waals surface area (Å²) in [5.74, 6) is 0.379. The first-order chi connectivity index (χ1) is 10.2. The highest BCUT2D eigenvalue weighted by atomic mass is 35.5. The largest absolute Gasteiger partial charge is 0.448 e. The predicted molar refractivity (Wildman–Crippen MR) is 79.2 cm³/mol. The van der Waals surface area contributed by atoms with E-state index in [1.54, 1.807) is 12.1 Å². The molecule has 0 atom stereocenters. The van der Waals surface area contributed by atoms with Crippen molar-refractivity contribution in [3.8, 4) is 0 Å². The molecule has 1 aromatic heterocycles. The summed E-state index contributed by atoms with van der Waals surface area (Å²) < 4.78 is 4.85. The number of amides is 2. The molecule has 0 aliphatic carbocycles. The molecule has 8 nitrogen and oxygen atoms in total. The van der Waals surface area contributed by atoms with Crippen LogP contribution in [0.3, 0.4) is 0 Å². The van der Waals surface area contributed by atoms with Crippen LogP contribution in [0.25, 0.3) is 10.9 Å². The molecule has 2 amide bonds. The zero-order chi connectivity index (χ0) is 15.2. The number of hydrazine groups is 1.